The van der Waals surface area contributed by atoms with E-state index < -0.39 is 34.1 Å². The quantitative estimate of drug-likeness (QED) is 0.886. The lowest BCUT2D eigenvalue weighted by Crippen LogP contribution is -2.37. The average molecular weight is 280 g/mol. The summed E-state index contributed by atoms with van der Waals surface area (Å²) < 4.78 is 63.3. The van der Waals surface area contributed by atoms with Gasteiger partial charge < -0.3 is 0 Å². The Bertz CT molecular complexity index is 564. The number of rotatable bonds is 2. The molecule has 18 heavy (non-hydrogen) atoms. The van der Waals surface area contributed by atoms with Crippen LogP contribution in [0.1, 0.15) is 18.0 Å². The molecule has 1 fully saturated rings. The summed E-state index contributed by atoms with van der Waals surface area (Å²) in [5, 5.41) is 4.95. The van der Waals surface area contributed by atoms with Crippen LogP contribution < -0.4 is 5.14 Å². The van der Waals surface area contributed by atoms with Gasteiger partial charge in [0.2, 0.25) is 0 Å². The Kier molecular flexibility index (Phi) is 3.35. The van der Waals surface area contributed by atoms with Crippen molar-refractivity contribution in [1.82, 2.24) is 4.31 Å². The van der Waals surface area contributed by atoms with Crippen LogP contribution in [0.4, 0.5) is 13.2 Å². The van der Waals surface area contributed by atoms with E-state index in [2.05, 4.69) is 0 Å². The van der Waals surface area contributed by atoms with Crippen LogP contribution in [-0.2, 0) is 10.2 Å². The predicted octanol–water partition coefficient (Wildman–Crippen LogP) is 1.25. The molecule has 100 valence electrons. The molecule has 8 heteroatoms. The number of alkyl halides is 1. The van der Waals surface area contributed by atoms with Crippen LogP contribution in [0.5, 0.6) is 0 Å². The van der Waals surface area contributed by atoms with Crippen molar-refractivity contribution in [3.8, 4) is 0 Å². The van der Waals surface area contributed by atoms with Gasteiger partial charge in [0.15, 0.2) is 0 Å². The topological polar surface area (TPSA) is 63.4 Å². The molecule has 1 aliphatic heterocycles. The van der Waals surface area contributed by atoms with Crippen molar-refractivity contribution in [2.24, 2.45) is 5.14 Å². The number of nitrogens with zero attached hydrogens (tertiary/aromatic N) is 1. The van der Waals surface area contributed by atoms with E-state index in [-0.39, 0.29) is 18.5 Å². The minimum atomic E-state index is -4.13. The second kappa shape index (κ2) is 4.52. The summed E-state index contributed by atoms with van der Waals surface area (Å²) in [6.45, 7) is -0.124. The van der Waals surface area contributed by atoms with Crippen molar-refractivity contribution >= 4 is 10.2 Å². The van der Waals surface area contributed by atoms with Crippen LogP contribution in [0.25, 0.3) is 0 Å². The van der Waals surface area contributed by atoms with Crippen LogP contribution >= 0.6 is 0 Å². The fourth-order valence-corrected chi connectivity index (χ4v) is 3.03. The first-order chi connectivity index (χ1) is 8.30. The molecule has 0 amide bonds. The van der Waals surface area contributed by atoms with E-state index in [9.17, 15) is 21.6 Å². The summed E-state index contributed by atoms with van der Waals surface area (Å²) in [6, 6.07) is 1.23. The maximum atomic E-state index is 13.7. The van der Waals surface area contributed by atoms with Gasteiger partial charge in [0.05, 0.1) is 6.04 Å². The van der Waals surface area contributed by atoms with Gasteiger partial charge in [0, 0.05) is 18.2 Å². The van der Waals surface area contributed by atoms with Crippen LogP contribution in [-0.4, -0.2) is 25.4 Å². The largest absolute Gasteiger partial charge is 0.277 e. The monoisotopic (exact) mass is 280 g/mol. The zero-order valence-electron chi connectivity index (χ0n) is 9.18. The minimum Gasteiger partial charge on any atom is -0.245 e. The fourth-order valence-electron chi connectivity index (χ4n) is 2.10. The molecule has 2 rings (SSSR count). The Morgan fingerprint density at radius 2 is 2.00 bits per heavy atom. The third-order valence-corrected chi connectivity index (χ3v) is 3.95. The Hall–Kier alpha value is -1.12. The highest BCUT2D eigenvalue weighted by molar-refractivity contribution is 7.86. The van der Waals surface area contributed by atoms with Crippen molar-refractivity contribution in [3.05, 3.63) is 35.4 Å². The summed E-state index contributed by atoms with van der Waals surface area (Å²) in [5.41, 5.74) is -0.213. The standard InChI is InChI=1S/C10H11F3N2O2S/c11-6-1-2-7(9(13)5-6)10-8(12)3-4-15(10)18(14,16)17/h1-2,5,8,10H,3-4H2,(H2,14,16,17). The minimum absolute atomic E-state index is 0.0715. The van der Waals surface area contributed by atoms with E-state index in [0.29, 0.717) is 10.4 Å². The summed E-state index contributed by atoms with van der Waals surface area (Å²) in [4.78, 5) is 0. The molecular formula is C10H11F3N2O2S. The number of halogens is 3. The Morgan fingerprint density at radius 1 is 1.33 bits per heavy atom. The van der Waals surface area contributed by atoms with Crippen LogP contribution in [0.2, 0.25) is 0 Å². The third-order valence-electron chi connectivity index (χ3n) is 2.89. The molecule has 1 heterocycles. The molecule has 2 unspecified atom stereocenters. The van der Waals surface area contributed by atoms with Gasteiger partial charge in [-0.25, -0.2) is 18.3 Å². The average Bonchev–Trinajstić information content (AvgIpc) is 2.60. The molecule has 0 spiro atoms. The first kappa shape index (κ1) is 13.3. The van der Waals surface area contributed by atoms with Crippen molar-refractivity contribution < 1.29 is 21.6 Å². The van der Waals surface area contributed by atoms with Crippen LogP contribution in [0.3, 0.4) is 0 Å². The van der Waals surface area contributed by atoms with Gasteiger partial charge in [0.1, 0.15) is 17.8 Å². The zero-order valence-corrected chi connectivity index (χ0v) is 10.0. The number of benzene rings is 1. The Balaban J connectivity index is 2.46. The van der Waals surface area contributed by atoms with E-state index in [4.69, 9.17) is 5.14 Å². The van der Waals surface area contributed by atoms with Gasteiger partial charge in [-0.05, 0) is 12.5 Å². The molecule has 1 aromatic carbocycles. The Labute approximate surface area is 102 Å². The molecule has 2 N–H and O–H groups in total. The molecule has 2 atom stereocenters. The van der Waals surface area contributed by atoms with Crippen LogP contribution in [0, 0.1) is 11.6 Å². The second-order valence-electron chi connectivity index (χ2n) is 4.07. The molecule has 1 aliphatic rings. The van der Waals surface area contributed by atoms with E-state index in [1.54, 1.807) is 0 Å². The number of nitrogens with two attached hydrogens (primary N) is 1. The smallest absolute Gasteiger partial charge is 0.245 e. The SMILES string of the molecule is NS(=O)(=O)N1CCC(F)C1c1ccc(F)cc1F. The molecular weight excluding hydrogens is 269 g/mol. The molecule has 0 aromatic heterocycles. The zero-order chi connectivity index (χ0) is 13.5. The maximum absolute atomic E-state index is 13.7. The summed E-state index contributed by atoms with van der Waals surface area (Å²) >= 11 is 0. The van der Waals surface area contributed by atoms with Crippen molar-refractivity contribution in [2.45, 2.75) is 18.6 Å². The highest BCUT2D eigenvalue weighted by Gasteiger charge is 2.42. The predicted molar refractivity (Wildman–Crippen MR) is 58.4 cm³/mol. The lowest BCUT2D eigenvalue weighted by atomic mass is 10.0. The lowest BCUT2D eigenvalue weighted by molar-refractivity contribution is 0.257. The van der Waals surface area contributed by atoms with E-state index in [0.717, 1.165) is 12.1 Å². The normalized spacial score (nSPS) is 25.6. The first-order valence-corrected chi connectivity index (χ1v) is 6.69. The first-order valence-electron chi connectivity index (χ1n) is 5.19. The molecule has 4 nitrogen and oxygen atoms in total. The summed E-state index contributed by atoms with van der Waals surface area (Å²) in [7, 11) is -4.13. The lowest BCUT2D eigenvalue weighted by Gasteiger charge is -2.23. The molecule has 0 aliphatic carbocycles. The van der Waals surface area contributed by atoms with E-state index >= 15 is 0 Å². The summed E-state index contributed by atoms with van der Waals surface area (Å²) in [6.07, 6.45) is -1.64. The fraction of sp³-hybridized carbons (Fsp3) is 0.400. The molecule has 0 saturated carbocycles. The number of hydrogen-bond donors (Lipinski definition) is 1. The van der Waals surface area contributed by atoms with Crippen LogP contribution in [0.15, 0.2) is 18.2 Å². The van der Waals surface area contributed by atoms with Crippen molar-refractivity contribution in [3.63, 3.8) is 0 Å². The van der Waals surface area contributed by atoms with Gasteiger partial charge in [-0.3, -0.25) is 0 Å². The van der Waals surface area contributed by atoms with Crippen molar-refractivity contribution in [2.75, 3.05) is 6.54 Å². The molecule has 0 bridgehead atoms. The van der Waals surface area contributed by atoms with E-state index in [1.165, 1.54) is 0 Å². The second-order valence-corrected chi connectivity index (χ2v) is 5.57. The third kappa shape index (κ3) is 2.36. The molecule has 0 radical (unpaired) electrons. The van der Waals surface area contributed by atoms with Gasteiger partial charge in [-0.1, -0.05) is 6.07 Å². The van der Waals surface area contributed by atoms with Gasteiger partial charge in [-0.2, -0.15) is 12.7 Å². The van der Waals surface area contributed by atoms with Gasteiger partial charge >= 0.3 is 0 Å². The Morgan fingerprint density at radius 3 is 2.56 bits per heavy atom. The molecule has 1 saturated heterocycles. The van der Waals surface area contributed by atoms with Crippen molar-refractivity contribution in [1.29, 1.82) is 0 Å². The summed E-state index contributed by atoms with van der Waals surface area (Å²) in [5.74, 6) is -1.80. The highest BCUT2D eigenvalue weighted by Crippen LogP contribution is 2.36. The van der Waals surface area contributed by atoms with Gasteiger partial charge in [-0.15, -0.1) is 0 Å². The molecule has 1 aromatic rings. The van der Waals surface area contributed by atoms with E-state index in [1.807, 2.05) is 0 Å². The maximum Gasteiger partial charge on any atom is 0.277 e. The van der Waals surface area contributed by atoms with Gasteiger partial charge in [0.25, 0.3) is 10.2 Å². The highest BCUT2D eigenvalue weighted by atomic mass is 32.2. The number of hydrogen-bond acceptors (Lipinski definition) is 2.